The Morgan fingerprint density at radius 1 is 0.933 bits per heavy atom. The Morgan fingerprint density at radius 2 is 1.73 bits per heavy atom. The molecule has 2 nitrogen and oxygen atoms in total. The van der Waals surface area contributed by atoms with Gasteiger partial charge in [0.05, 0.1) is 11.7 Å². The Balaban J connectivity index is 1.69. The van der Waals surface area contributed by atoms with Gasteiger partial charge in [0, 0.05) is 12.6 Å². The molecule has 86 valence electrons. The minimum Gasteiger partial charge on any atom is -0.369 e. The van der Waals surface area contributed by atoms with Crippen LogP contribution in [0.4, 0.5) is 0 Å². The smallest absolute Gasteiger partial charge is 0.0810 e. The van der Waals surface area contributed by atoms with Gasteiger partial charge in [-0.05, 0) is 32.1 Å². The van der Waals surface area contributed by atoms with E-state index in [0.717, 1.165) is 6.54 Å². The zero-order chi connectivity index (χ0) is 10.1. The molecule has 3 rings (SSSR count). The Labute approximate surface area is 92.8 Å². The number of rotatable bonds is 0. The molecule has 1 N–H and O–H groups in total. The van der Waals surface area contributed by atoms with Gasteiger partial charge in [-0.2, -0.15) is 0 Å². The maximum absolute atomic E-state index is 6.46. The van der Waals surface area contributed by atoms with E-state index in [1.54, 1.807) is 0 Å². The quantitative estimate of drug-likeness (QED) is 0.662. The monoisotopic (exact) mass is 209 g/mol. The molecule has 1 heterocycles. The molecular weight excluding hydrogens is 186 g/mol. The molecule has 15 heavy (non-hydrogen) atoms. The van der Waals surface area contributed by atoms with E-state index >= 15 is 0 Å². The summed E-state index contributed by atoms with van der Waals surface area (Å²) in [6.07, 6.45) is 12.7. The van der Waals surface area contributed by atoms with Crippen molar-refractivity contribution in [3.63, 3.8) is 0 Å². The summed E-state index contributed by atoms with van der Waals surface area (Å²) in [5.74, 6) is 0. The third kappa shape index (κ3) is 1.94. The molecule has 2 heteroatoms. The molecule has 0 amide bonds. The van der Waals surface area contributed by atoms with Gasteiger partial charge in [0.25, 0.3) is 0 Å². The molecule has 2 atom stereocenters. The molecule has 2 saturated carbocycles. The first-order valence-electron chi connectivity index (χ1n) is 6.79. The summed E-state index contributed by atoms with van der Waals surface area (Å²) < 4.78 is 6.46. The molecule has 2 aliphatic carbocycles. The maximum Gasteiger partial charge on any atom is 0.0810 e. The molecule has 0 aromatic carbocycles. The summed E-state index contributed by atoms with van der Waals surface area (Å²) in [5.41, 5.74) is 0.224. The zero-order valence-corrected chi connectivity index (χ0v) is 9.63. The van der Waals surface area contributed by atoms with Gasteiger partial charge in [0.1, 0.15) is 0 Å². The molecular formula is C13H23NO. The lowest BCUT2D eigenvalue weighted by Crippen LogP contribution is -2.57. The Kier molecular flexibility index (Phi) is 2.73. The van der Waals surface area contributed by atoms with Crippen molar-refractivity contribution in [2.24, 2.45) is 0 Å². The molecule has 1 saturated heterocycles. The summed E-state index contributed by atoms with van der Waals surface area (Å²) in [7, 11) is 0. The van der Waals surface area contributed by atoms with E-state index in [-0.39, 0.29) is 5.60 Å². The second kappa shape index (κ2) is 4.06. The van der Waals surface area contributed by atoms with Crippen molar-refractivity contribution in [2.75, 3.05) is 6.54 Å². The third-order valence-corrected chi connectivity index (χ3v) is 4.56. The van der Waals surface area contributed by atoms with Gasteiger partial charge >= 0.3 is 0 Å². The molecule has 1 spiro atoms. The van der Waals surface area contributed by atoms with Gasteiger partial charge in [-0.25, -0.2) is 0 Å². The molecule has 0 aromatic heterocycles. The van der Waals surface area contributed by atoms with Crippen LogP contribution in [0.15, 0.2) is 0 Å². The SMILES string of the molecule is C1CCCC2(CC1)CNC1CCCC1O2. The van der Waals surface area contributed by atoms with Crippen molar-refractivity contribution in [3.05, 3.63) is 0 Å². The Bertz CT molecular complexity index is 221. The van der Waals surface area contributed by atoms with Crippen molar-refractivity contribution in [3.8, 4) is 0 Å². The van der Waals surface area contributed by atoms with Crippen LogP contribution in [0.2, 0.25) is 0 Å². The van der Waals surface area contributed by atoms with E-state index in [1.807, 2.05) is 0 Å². The second-order valence-electron chi connectivity index (χ2n) is 5.67. The predicted octanol–water partition coefficient (Wildman–Crippen LogP) is 2.62. The maximum atomic E-state index is 6.46. The number of ether oxygens (including phenoxy) is 1. The van der Waals surface area contributed by atoms with E-state index in [1.165, 1.54) is 57.8 Å². The molecule has 3 fully saturated rings. The molecule has 0 bridgehead atoms. The standard InChI is InChI=1S/C13H23NO/c1-2-4-9-13(8-3-1)10-14-11-6-5-7-12(11)15-13/h11-12,14H,1-10H2. The van der Waals surface area contributed by atoms with Crippen LogP contribution in [-0.4, -0.2) is 24.3 Å². The topological polar surface area (TPSA) is 21.3 Å². The Hall–Kier alpha value is -0.0800. The van der Waals surface area contributed by atoms with Gasteiger partial charge < -0.3 is 10.1 Å². The van der Waals surface area contributed by atoms with E-state index in [0.29, 0.717) is 12.1 Å². The number of hydrogen-bond donors (Lipinski definition) is 1. The van der Waals surface area contributed by atoms with E-state index in [2.05, 4.69) is 5.32 Å². The van der Waals surface area contributed by atoms with Crippen LogP contribution < -0.4 is 5.32 Å². The highest BCUT2D eigenvalue weighted by Gasteiger charge is 2.43. The van der Waals surface area contributed by atoms with Gasteiger partial charge in [-0.3, -0.25) is 0 Å². The summed E-state index contributed by atoms with van der Waals surface area (Å²) in [6, 6.07) is 0.680. The van der Waals surface area contributed by atoms with Crippen LogP contribution in [0.1, 0.15) is 57.8 Å². The zero-order valence-electron chi connectivity index (χ0n) is 9.63. The summed E-state index contributed by atoms with van der Waals surface area (Å²) >= 11 is 0. The highest BCUT2D eigenvalue weighted by atomic mass is 16.5. The normalized spacial score (nSPS) is 40.0. The van der Waals surface area contributed by atoms with Gasteiger partial charge in [-0.1, -0.05) is 25.7 Å². The number of nitrogens with one attached hydrogen (secondary N) is 1. The summed E-state index contributed by atoms with van der Waals surface area (Å²) in [4.78, 5) is 0. The number of fused-ring (bicyclic) bond motifs is 1. The largest absolute Gasteiger partial charge is 0.369 e. The molecule has 3 aliphatic rings. The molecule has 0 aromatic rings. The van der Waals surface area contributed by atoms with Crippen LogP contribution >= 0.6 is 0 Å². The van der Waals surface area contributed by atoms with E-state index in [4.69, 9.17) is 4.74 Å². The van der Waals surface area contributed by atoms with Crippen molar-refractivity contribution in [1.82, 2.24) is 5.32 Å². The van der Waals surface area contributed by atoms with Crippen molar-refractivity contribution < 1.29 is 4.74 Å². The van der Waals surface area contributed by atoms with Gasteiger partial charge in [0.15, 0.2) is 0 Å². The van der Waals surface area contributed by atoms with Crippen LogP contribution in [0, 0.1) is 0 Å². The fraction of sp³-hybridized carbons (Fsp3) is 1.00. The second-order valence-corrected chi connectivity index (χ2v) is 5.67. The first kappa shape index (κ1) is 10.1. The van der Waals surface area contributed by atoms with Crippen molar-refractivity contribution in [2.45, 2.75) is 75.5 Å². The first-order chi connectivity index (χ1) is 7.38. The molecule has 1 aliphatic heterocycles. The predicted molar refractivity (Wildman–Crippen MR) is 60.9 cm³/mol. The minimum absolute atomic E-state index is 0.224. The third-order valence-electron chi connectivity index (χ3n) is 4.56. The fourth-order valence-electron chi connectivity index (χ4n) is 3.65. The van der Waals surface area contributed by atoms with Gasteiger partial charge in [0.2, 0.25) is 0 Å². The average Bonchev–Trinajstić information content (AvgIpc) is 2.59. The summed E-state index contributed by atoms with van der Waals surface area (Å²) in [6.45, 7) is 1.12. The minimum atomic E-state index is 0.224. The van der Waals surface area contributed by atoms with Crippen molar-refractivity contribution >= 4 is 0 Å². The fourth-order valence-corrected chi connectivity index (χ4v) is 3.65. The van der Waals surface area contributed by atoms with Crippen LogP contribution in [-0.2, 0) is 4.74 Å². The molecule has 0 radical (unpaired) electrons. The van der Waals surface area contributed by atoms with E-state index in [9.17, 15) is 0 Å². The highest BCUT2D eigenvalue weighted by Crippen LogP contribution is 2.37. The number of hydrogen-bond acceptors (Lipinski definition) is 2. The van der Waals surface area contributed by atoms with Crippen LogP contribution in [0.25, 0.3) is 0 Å². The molecule has 2 unspecified atom stereocenters. The lowest BCUT2D eigenvalue weighted by atomic mass is 9.91. The average molecular weight is 209 g/mol. The van der Waals surface area contributed by atoms with Crippen LogP contribution in [0.5, 0.6) is 0 Å². The van der Waals surface area contributed by atoms with E-state index < -0.39 is 0 Å². The summed E-state index contributed by atoms with van der Waals surface area (Å²) in [5, 5.41) is 3.74. The lowest BCUT2D eigenvalue weighted by molar-refractivity contribution is -0.133. The highest BCUT2D eigenvalue weighted by molar-refractivity contribution is 4.97. The lowest BCUT2D eigenvalue weighted by Gasteiger charge is -2.43. The number of morpholine rings is 1. The van der Waals surface area contributed by atoms with Crippen molar-refractivity contribution in [1.29, 1.82) is 0 Å². The van der Waals surface area contributed by atoms with Crippen LogP contribution in [0.3, 0.4) is 0 Å². The first-order valence-corrected chi connectivity index (χ1v) is 6.79. The Morgan fingerprint density at radius 3 is 2.53 bits per heavy atom. The van der Waals surface area contributed by atoms with Gasteiger partial charge in [-0.15, -0.1) is 0 Å².